The Hall–Kier alpha value is -0.480. The monoisotopic (exact) mass is 194 g/mol. The third-order valence-electron chi connectivity index (χ3n) is 3.43. The third kappa shape index (κ3) is 2.51. The van der Waals surface area contributed by atoms with Crippen molar-refractivity contribution in [2.24, 2.45) is 11.3 Å². The minimum atomic E-state index is -0.280. The number of hydrogen-bond acceptors (Lipinski definition) is 1. The molecule has 0 heterocycles. The highest BCUT2D eigenvalue weighted by Gasteiger charge is 2.40. The van der Waals surface area contributed by atoms with Crippen LogP contribution in [0.1, 0.15) is 52.4 Å². The van der Waals surface area contributed by atoms with Crippen molar-refractivity contribution >= 4 is 0 Å². The van der Waals surface area contributed by atoms with Gasteiger partial charge in [0.2, 0.25) is 0 Å². The lowest BCUT2D eigenvalue weighted by molar-refractivity contribution is 0.0168. The number of hydrogen-bond donors (Lipinski definition) is 1. The topological polar surface area (TPSA) is 20.2 Å². The summed E-state index contributed by atoms with van der Waals surface area (Å²) in [5.41, 5.74) is 0.139. The molecule has 1 aliphatic rings. The van der Waals surface area contributed by atoms with Crippen LogP contribution in [0.3, 0.4) is 0 Å². The van der Waals surface area contributed by atoms with Crippen LogP contribution in [0.5, 0.6) is 0 Å². The zero-order chi connectivity index (χ0) is 10.6. The van der Waals surface area contributed by atoms with Gasteiger partial charge >= 0.3 is 0 Å². The van der Waals surface area contributed by atoms with E-state index in [1.807, 2.05) is 0 Å². The fourth-order valence-electron chi connectivity index (χ4n) is 2.89. The molecule has 1 aliphatic carbocycles. The van der Waals surface area contributed by atoms with E-state index in [-0.39, 0.29) is 11.5 Å². The zero-order valence-corrected chi connectivity index (χ0v) is 9.42. The second kappa shape index (κ2) is 4.84. The van der Waals surface area contributed by atoms with Crippen LogP contribution in [-0.2, 0) is 0 Å². The zero-order valence-electron chi connectivity index (χ0n) is 9.42. The van der Waals surface area contributed by atoms with Crippen LogP contribution < -0.4 is 0 Å². The molecule has 1 nitrogen and oxygen atoms in total. The average Bonchev–Trinajstić information content (AvgIpc) is 2.53. The standard InChI is InChI=1S/C13H22O/c1-4-7-12(14)13(10-11(2)3)8-5-6-9-13/h1,11-12,14H,5-10H2,2-3H3. The first-order valence-electron chi connectivity index (χ1n) is 5.72. The van der Waals surface area contributed by atoms with E-state index in [0.717, 1.165) is 19.3 Å². The lowest BCUT2D eigenvalue weighted by Crippen LogP contribution is -2.33. The summed E-state index contributed by atoms with van der Waals surface area (Å²) in [6, 6.07) is 0. The predicted octanol–water partition coefficient (Wildman–Crippen LogP) is 2.98. The van der Waals surface area contributed by atoms with Gasteiger partial charge in [0, 0.05) is 6.42 Å². The maximum atomic E-state index is 10.1. The van der Waals surface area contributed by atoms with Crippen LogP contribution in [0.25, 0.3) is 0 Å². The Morgan fingerprint density at radius 1 is 1.36 bits per heavy atom. The molecule has 0 aliphatic heterocycles. The highest BCUT2D eigenvalue weighted by Crippen LogP contribution is 2.46. The molecule has 0 spiro atoms. The van der Waals surface area contributed by atoms with Gasteiger partial charge in [-0.25, -0.2) is 0 Å². The van der Waals surface area contributed by atoms with E-state index in [9.17, 15) is 5.11 Å². The van der Waals surface area contributed by atoms with Gasteiger partial charge in [0.15, 0.2) is 0 Å². The van der Waals surface area contributed by atoms with Crippen LogP contribution in [0.15, 0.2) is 0 Å². The molecule has 1 atom stereocenters. The summed E-state index contributed by atoms with van der Waals surface area (Å²) in [5.74, 6) is 3.25. The molecule has 0 aromatic rings. The Kier molecular flexibility index (Phi) is 4.01. The summed E-state index contributed by atoms with van der Waals surface area (Å²) in [6.45, 7) is 4.45. The maximum Gasteiger partial charge on any atom is 0.0705 e. The summed E-state index contributed by atoms with van der Waals surface area (Å²) in [7, 11) is 0. The second-order valence-corrected chi connectivity index (χ2v) is 5.09. The highest BCUT2D eigenvalue weighted by atomic mass is 16.3. The predicted molar refractivity (Wildman–Crippen MR) is 59.8 cm³/mol. The van der Waals surface area contributed by atoms with Crippen molar-refractivity contribution in [3.05, 3.63) is 0 Å². The summed E-state index contributed by atoms with van der Waals surface area (Å²) in [6.07, 6.45) is 11.5. The summed E-state index contributed by atoms with van der Waals surface area (Å²) in [5, 5.41) is 10.1. The van der Waals surface area contributed by atoms with Gasteiger partial charge in [-0.3, -0.25) is 0 Å². The number of rotatable bonds is 4. The molecular formula is C13H22O. The molecule has 1 heteroatoms. The lowest BCUT2D eigenvalue weighted by Gasteiger charge is -2.35. The van der Waals surface area contributed by atoms with Crippen molar-refractivity contribution in [1.29, 1.82) is 0 Å². The van der Waals surface area contributed by atoms with Crippen LogP contribution in [0.2, 0.25) is 0 Å². The highest BCUT2D eigenvalue weighted by molar-refractivity contribution is 4.97. The first-order chi connectivity index (χ1) is 6.60. The van der Waals surface area contributed by atoms with Crippen molar-refractivity contribution in [1.82, 2.24) is 0 Å². The molecule has 0 radical (unpaired) electrons. The van der Waals surface area contributed by atoms with Gasteiger partial charge in [-0.15, -0.1) is 12.3 Å². The van der Waals surface area contributed by atoms with Gasteiger partial charge in [-0.1, -0.05) is 26.7 Å². The minimum Gasteiger partial charge on any atom is -0.392 e. The first kappa shape index (κ1) is 11.6. The van der Waals surface area contributed by atoms with E-state index in [1.165, 1.54) is 12.8 Å². The van der Waals surface area contributed by atoms with Crippen LogP contribution in [-0.4, -0.2) is 11.2 Å². The largest absolute Gasteiger partial charge is 0.392 e. The quantitative estimate of drug-likeness (QED) is 0.682. The molecule has 0 aromatic heterocycles. The van der Waals surface area contributed by atoms with Gasteiger partial charge < -0.3 is 5.11 Å². The van der Waals surface area contributed by atoms with Gasteiger partial charge in [0.25, 0.3) is 0 Å². The van der Waals surface area contributed by atoms with Crippen molar-refractivity contribution < 1.29 is 5.11 Å². The Balaban J connectivity index is 2.66. The van der Waals surface area contributed by atoms with E-state index < -0.39 is 0 Å². The molecule has 0 amide bonds. The van der Waals surface area contributed by atoms with Crippen molar-refractivity contribution in [2.75, 3.05) is 0 Å². The van der Waals surface area contributed by atoms with Crippen LogP contribution >= 0.6 is 0 Å². The third-order valence-corrected chi connectivity index (χ3v) is 3.43. The van der Waals surface area contributed by atoms with Crippen LogP contribution in [0.4, 0.5) is 0 Å². The van der Waals surface area contributed by atoms with Gasteiger partial charge in [0.1, 0.15) is 0 Å². The number of terminal acetylenes is 1. The molecule has 14 heavy (non-hydrogen) atoms. The lowest BCUT2D eigenvalue weighted by atomic mass is 9.73. The smallest absolute Gasteiger partial charge is 0.0705 e. The SMILES string of the molecule is C#CCC(O)C1(CC(C)C)CCCC1. The Morgan fingerprint density at radius 2 is 1.93 bits per heavy atom. The summed E-state index contributed by atoms with van der Waals surface area (Å²) < 4.78 is 0. The Labute approximate surface area is 87.9 Å². The van der Waals surface area contributed by atoms with E-state index >= 15 is 0 Å². The molecule has 80 valence electrons. The molecule has 1 fully saturated rings. The number of aliphatic hydroxyl groups is 1. The molecule has 1 N–H and O–H groups in total. The van der Waals surface area contributed by atoms with E-state index in [1.54, 1.807) is 0 Å². The van der Waals surface area contributed by atoms with E-state index in [0.29, 0.717) is 12.3 Å². The first-order valence-corrected chi connectivity index (χ1v) is 5.72. The Bertz CT molecular complexity index is 206. The molecule has 0 aromatic carbocycles. The molecule has 1 saturated carbocycles. The number of aliphatic hydroxyl groups excluding tert-OH is 1. The second-order valence-electron chi connectivity index (χ2n) is 5.09. The van der Waals surface area contributed by atoms with Crippen molar-refractivity contribution in [2.45, 2.75) is 58.5 Å². The molecular weight excluding hydrogens is 172 g/mol. The maximum absolute atomic E-state index is 10.1. The summed E-state index contributed by atoms with van der Waals surface area (Å²) in [4.78, 5) is 0. The molecule has 1 unspecified atom stereocenters. The molecule has 0 bridgehead atoms. The Morgan fingerprint density at radius 3 is 2.36 bits per heavy atom. The molecule has 0 saturated heterocycles. The van der Waals surface area contributed by atoms with Crippen molar-refractivity contribution in [3.8, 4) is 12.3 Å². The van der Waals surface area contributed by atoms with E-state index in [4.69, 9.17) is 6.42 Å². The summed E-state index contributed by atoms with van der Waals surface area (Å²) >= 11 is 0. The average molecular weight is 194 g/mol. The van der Waals surface area contributed by atoms with Crippen molar-refractivity contribution in [3.63, 3.8) is 0 Å². The van der Waals surface area contributed by atoms with Gasteiger partial charge in [0.05, 0.1) is 6.10 Å². The van der Waals surface area contributed by atoms with Crippen LogP contribution in [0, 0.1) is 23.7 Å². The molecule has 1 rings (SSSR count). The van der Waals surface area contributed by atoms with Gasteiger partial charge in [-0.05, 0) is 30.6 Å². The van der Waals surface area contributed by atoms with Gasteiger partial charge in [-0.2, -0.15) is 0 Å². The normalized spacial score (nSPS) is 22.2. The fraction of sp³-hybridized carbons (Fsp3) is 0.846. The minimum absolute atomic E-state index is 0.139. The van der Waals surface area contributed by atoms with E-state index in [2.05, 4.69) is 19.8 Å². The fourth-order valence-corrected chi connectivity index (χ4v) is 2.89.